The molecule has 0 N–H and O–H groups in total. The minimum atomic E-state index is -0.646. The molecule has 7 heteroatoms. The van der Waals surface area contributed by atoms with Crippen LogP contribution in [0.4, 0.5) is 5.69 Å². The van der Waals surface area contributed by atoms with Crippen LogP contribution in [-0.4, -0.2) is 22.6 Å². The Hall–Kier alpha value is -2.18. The lowest BCUT2D eigenvalue weighted by Crippen LogP contribution is -2.23. The molecule has 0 radical (unpaired) electrons. The lowest BCUT2D eigenvalue weighted by atomic mass is 10.4. The van der Waals surface area contributed by atoms with E-state index < -0.39 is 16.5 Å². The number of nitrogens with zero attached hydrogens (tertiary/aromatic N) is 2. The molecule has 0 amide bonds. The van der Waals surface area contributed by atoms with Crippen LogP contribution in [0.5, 0.6) is 0 Å². The fraction of sp³-hybridized carbons (Fsp3) is 0.250. The molecule has 0 spiro atoms. The summed E-state index contributed by atoms with van der Waals surface area (Å²) in [5, 5.41) is 10.4. The molecule has 0 aliphatic rings. The summed E-state index contributed by atoms with van der Waals surface area (Å²) in [4.78, 5) is 31.8. The predicted octanol–water partition coefficient (Wildman–Crippen LogP) is -0.0705. The minimum Gasteiger partial charge on any atom is -0.468 e. The topological polar surface area (TPSA) is 91.4 Å². The quantitative estimate of drug-likeness (QED) is 0.397. The Kier molecular flexibility index (Phi) is 3.17. The highest BCUT2D eigenvalue weighted by Gasteiger charge is 2.10. The monoisotopic (exact) mass is 212 g/mol. The molecule has 0 atom stereocenters. The number of hydrogen-bond acceptors (Lipinski definition) is 5. The normalized spacial score (nSPS) is 9.67. The summed E-state index contributed by atoms with van der Waals surface area (Å²) in [7, 11) is 1.17. The second kappa shape index (κ2) is 4.36. The van der Waals surface area contributed by atoms with E-state index in [4.69, 9.17) is 0 Å². The van der Waals surface area contributed by atoms with Crippen molar-refractivity contribution in [3.63, 3.8) is 0 Å². The lowest BCUT2D eigenvalue weighted by Gasteiger charge is -2.02. The van der Waals surface area contributed by atoms with Gasteiger partial charge in [-0.15, -0.1) is 0 Å². The summed E-state index contributed by atoms with van der Waals surface area (Å²) in [5.41, 5.74) is -0.746. The number of hydrogen-bond donors (Lipinski definition) is 0. The summed E-state index contributed by atoms with van der Waals surface area (Å²) in [5.74, 6) is -0.641. The molecule has 1 aromatic heterocycles. The Morgan fingerprint density at radius 3 is 2.80 bits per heavy atom. The number of ether oxygens (including phenoxy) is 1. The van der Waals surface area contributed by atoms with Gasteiger partial charge in [-0.1, -0.05) is 0 Å². The van der Waals surface area contributed by atoms with Gasteiger partial charge >= 0.3 is 5.97 Å². The van der Waals surface area contributed by atoms with Crippen LogP contribution < -0.4 is 5.56 Å². The third-order valence-electron chi connectivity index (χ3n) is 1.71. The largest absolute Gasteiger partial charge is 0.468 e. The van der Waals surface area contributed by atoms with Crippen molar-refractivity contribution in [2.75, 3.05) is 7.11 Å². The number of pyridine rings is 1. The fourth-order valence-electron chi connectivity index (χ4n) is 0.954. The molecule has 0 bridgehead atoms. The van der Waals surface area contributed by atoms with Crippen LogP contribution in [0, 0.1) is 10.1 Å². The van der Waals surface area contributed by atoms with Crippen molar-refractivity contribution < 1.29 is 14.5 Å². The molecule has 0 saturated heterocycles. The van der Waals surface area contributed by atoms with Crippen LogP contribution in [0.25, 0.3) is 0 Å². The first-order valence-electron chi connectivity index (χ1n) is 3.96. The molecule has 0 saturated carbocycles. The summed E-state index contributed by atoms with van der Waals surface area (Å²) >= 11 is 0. The van der Waals surface area contributed by atoms with Crippen LogP contribution >= 0.6 is 0 Å². The van der Waals surface area contributed by atoms with Gasteiger partial charge in [-0.2, -0.15) is 0 Å². The van der Waals surface area contributed by atoms with E-state index in [1.165, 1.54) is 7.11 Å². The van der Waals surface area contributed by atoms with Crippen LogP contribution in [0.1, 0.15) is 0 Å². The second-order valence-electron chi connectivity index (χ2n) is 2.69. The van der Waals surface area contributed by atoms with Crippen LogP contribution in [0.2, 0.25) is 0 Å². The van der Waals surface area contributed by atoms with Crippen molar-refractivity contribution in [2.24, 2.45) is 0 Å². The van der Waals surface area contributed by atoms with Gasteiger partial charge in [-0.25, -0.2) is 0 Å². The van der Waals surface area contributed by atoms with Gasteiger partial charge < -0.3 is 4.74 Å². The van der Waals surface area contributed by atoms with Gasteiger partial charge in [0.1, 0.15) is 6.54 Å². The van der Waals surface area contributed by atoms with E-state index >= 15 is 0 Å². The maximum Gasteiger partial charge on any atom is 0.325 e. The zero-order chi connectivity index (χ0) is 11.4. The molecule has 0 aromatic carbocycles. The Bertz CT molecular complexity index is 451. The number of methoxy groups -OCH3 is 1. The summed E-state index contributed by atoms with van der Waals surface area (Å²) in [6.07, 6.45) is 0.999. The van der Waals surface area contributed by atoms with E-state index in [-0.39, 0.29) is 12.2 Å². The van der Waals surface area contributed by atoms with Crippen molar-refractivity contribution in [1.82, 2.24) is 4.57 Å². The minimum absolute atomic E-state index is 0.251. The first kappa shape index (κ1) is 10.9. The predicted molar refractivity (Wildman–Crippen MR) is 49.4 cm³/mol. The molecular formula is C8H8N2O5. The van der Waals surface area contributed by atoms with Gasteiger partial charge in [-0.3, -0.25) is 24.3 Å². The number of rotatable bonds is 3. The van der Waals surface area contributed by atoms with Crippen LogP contribution in [-0.2, 0) is 16.1 Å². The zero-order valence-electron chi connectivity index (χ0n) is 7.87. The van der Waals surface area contributed by atoms with Gasteiger partial charge in [-0.05, 0) is 0 Å². The smallest absolute Gasteiger partial charge is 0.325 e. The molecule has 1 heterocycles. The standard InChI is InChI=1S/C8H8N2O5/c1-15-8(12)5-9-4-6(10(13)14)2-3-7(9)11/h2-4H,5H2,1H3. The molecule has 1 rings (SSSR count). The summed E-state index contributed by atoms with van der Waals surface area (Å²) in [6.45, 7) is -0.336. The number of carbonyl (C=O) groups excluding carboxylic acids is 1. The van der Waals surface area contributed by atoms with Gasteiger partial charge in [0.2, 0.25) is 0 Å². The van der Waals surface area contributed by atoms with E-state index in [1.54, 1.807) is 0 Å². The molecular weight excluding hydrogens is 204 g/mol. The van der Waals surface area contributed by atoms with Crippen molar-refractivity contribution in [2.45, 2.75) is 6.54 Å². The molecule has 7 nitrogen and oxygen atoms in total. The third kappa shape index (κ3) is 2.63. The molecule has 0 unspecified atom stereocenters. The number of nitro groups is 1. The SMILES string of the molecule is COC(=O)Cn1cc([N+](=O)[O-])ccc1=O. The van der Waals surface area contributed by atoms with Gasteiger partial charge in [0, 0.05) is 12.1 Å². The van der Waals surface area contributed by atoms with E-state index in [2.05, 4.69) is 4.74 Å². The first-order valence-corrected chi connectivity index (χ1v) is 3.96. The highest BCUT2D eigenvalue weighted by Crippen LogP contribution is 2.06. The van der Waals surface area contributed by atoms with Crippen molar-refractivity contribution in [3.8, 4) is 0 Å². The maximum atomic E-state index is 11.2. The average molecular weight is 212 g/mol. The molecule has 15 heavy (non-hydrogen) atoms. The highest BCUT2D eigenvalue weighted by atomic mass is 16.6. The van der Waals surface area contributed by atoms with Crippen molar-refractivity contribution in [3.05, 3.63) is 38.8 Å². The fourth-order valence-corrected chi connectivity index (χ4v) is 0.954. The third-order valence-corrected chi connectivity index (χ3v) is 1.71. The van der Waals surface area contributed by atoms with Gasteiger partial charge in [0.05, 0.1) is 18.2 Å². The van der Waals surface area contributed by atoms with Crippen LogP contribution in [0.3, 0.4) is 0 Å². The highest BCUT2D eigenvalue weighted by molar-refractivity contribution is 5.69. The number of carbonyl (C=O) groups is 1. The Morgan fingerprint density at radius 1 is 1.60 bits per heavy atom. The van der Waals surface area contributed by atoms with E-state index in [0.717, 1.165) is 22.9 Å². The Labute approximate surface area is 84.0 Å². The van der Waals surface area contributed by atoms with Gasteiger partial charge in [0.15, 0.2) is 0 Å². The number of esters is 1. The number of aromatic nitrogens is 1. The van der Waals surface area contributed by atoms with E-state index in [0.29, 0.717) is 0 Å². The van der Waals surface area contributed by atoms with E-state index in [9.17, 15) is 19.7 Å². The molecule has 0 aliphatic carbocycles. The lowest BCUT2D eigenvalue weighted by molar-refractivity contribution is -0.385. The second-order valence-corrected chi connectivity index (χ2v) is 2.69. The maximum absolute atomic E-state index is 11.2. The summed E-state index contributed by atoms with van der Waals surface area (Å²) in [6, 6.07) is 2.11. The van der Waals surface area contributed by atoms with Crippen LogP contribution in [0.15, 0.2) is 23.1 Å². The average Bonchev–Trinajstić information content (AvgIpc) is 2.20. The molecule has 0 aliphatic heterocycles. The molecule has 0 fully saturated rings. The van der Waals surface area contributed by atoms with Crippen molar-refractivity contribution in [1.29, 1.82) is 0 Å². The molecule has 1 aromatic rings. The Morgan fingerprint density at radius 2 is 2.27 bits per heavy atom. The van der Waals surface area contributed by atoms with Crippen molar-refractivity contribution >= 4 is 11.7 Å². The Balaban J connectivity index is 3.06. The molecule has 80 valence electrons. The van der Waals surface area contributed by atoms with Gasteiger partial charge in [0.25, 0.3) is 11.2 Å². The first-order chi connectivity index (χ1) is 7.04. The van der Waals surface area contributed by atoms with E-state index in [1.807, 2.05) is 0 Å². The summed E-state index contributed by atoms with van der Waals surface area (Å²) < 4.78 is 5.26. The zero-order valence-corrected chi connectivity index (χ0v) is 7.87.